The summed E-state index contributed by atoms with van der Waals surface area (Å²) in [5, 5.41) is 8.21. The summed E-state index contributed by atoms with van der Waals surface area (Å²) in [6.07, 6.45) is 0. The fraction of sp³-hybridized carbons (Fsp3) is 0. The molecule has 1 aromatic rings. The van der Waals surface area contributed by atoms with Gasteiger partial charge in [0.1, 0.15) is 11.9 Å². The number of benzene rings is 1. The molecule has 1 nitrogen and oxygen atoms in total. The van der Waals surface area contributed by atoms with Crippen LogP contribution in [0.1, 0.15) is 5.56 Å². The number of nitriles is 1. The predicted molar refractivity (Wildman–Crippen MR) is 30.0 cm³/mol. The first kappa shape index (κ1) is 5.77. The van der Waals surface area contributed by atoms with E-state index < -0.39 is 5.82 Å². The van der Waals surface area contributed by atoms with Crippen molar-refractivity contribution in [2.24, 2.45) is 0 Å². The van der Waals surface area contributed by atoms with E-state index >= 15 is 0 Å². The van der Waals surface area contributed by atoms with Crippen LogP contribution in [0.3, 0.4) is 0 Å². The standard InChI is InChI=1S/C7H3FN/c8-7-4-2-1-3-6(7)5-9/h1,3-4H. The molecule has 0 saturated carbocycles. The smallest absolute Gasteiger partial charge is 0.141 e. The van der Waals surface area contributed by atoms with Crippen molar-refractivity contribution in [1.82, 2.24) is 0 Å². The van der Waals surface area contributed by atoms with E-state index in [-0.39, 0.29) is 5.56 Å². The summed E-state index contributed by atoms with van der Waals surface area (Å²) < 4.78 is 12.3. The minimum absolute atomic E-state index is 0.0637. The molecule has 0 atom stereocenters. The van der Waals surface area contributed by atoms with E-state index in [1.165, 1.54) is 12.1 Å². The molecule has 1 aromatic carbocycles. The molecule has 1 rings (SSSR count). The van der Waals surface area contributed by atoms with Crippen molar-refractivity contribution in [3.05, 3.63) is 35.6 Å². The number of halogens is 1. The Hall–Kier alpha value is -1.36. The van der Waals surface area contributed by atoms with Crippen molar-refractivity contribution in [2.75, 3.05) is 0 Å². The maximum Gasteiger partial charge on any atom is 0.141 e. The Morgan fingerprint density at radius 1 is 1.67 bits per heavy atom. The zero-order chi connectivity index (χ0) is 6.69. The van der Waals surface area contributed by atoms with Crippen molar-refractivity contribution in [3.8, 4) is 6.07 Å². The van der Waals surface area contributed by atoms with Crippen LogP contribution in [-0.4, -0.2) is 0 Å². The topological polar surface area (TPSA) is 23.8 Å². The van der Waals surface area contributed by atoms with Gasteiger partial charge in [0, 0.05) is 0 Å². The molecule has 0 bridgehead atoms. The quantitative estimate of drug-likeness (QED) is 0.509. The van der Waals surface area contributed by atoms with Gasteiger partial charge in [0.25, 0.3) is 0 Å². The van der Waals surface area contributed by atoms with Crippen LogP contribution in [-0.2, 0) is 0 Å². The molecule has 2 heteroatoms. The molecular formula is C7H3FN. The fourth-order valence-corrected chi connectivity index (χ4v) is 0.501. The van der Waals surface area contributed by atoms with E-state index in [2.05, 4.69) is 6.07 Å². The van der Waals surface area contributed by atoms with Gasteiger partial charge in [0.15, 0.2) is 0 Å². The molecule has 43 valence electrons. The number of rotatable bonds is 0. The van der Waals surface area contributed by atoms with Crippen LogP contribution in [0.15, 0.2) is 18.2 Å². The van der Waals surface area contributed by atoms with Gasteiger partial charge in [-0.25, -0.2) is 4.39 Å². The molecule has 0 aliphatic carbocycles. The highest BCUT2D eigenvalue weighted by molar-refractivity contribution is 5.28. The van der Waals surface area contributed by atoms with E-state index in [9.17, 15) is 4.39 Å². The summed E-state index contributed by atoms with van der Waals surface area (Å²) in [6, 6.07) is 8.23. The van der Waals surface area contributed by atoms with Crippen LogP contribution in [0.5, 0.6) is 0 Å². The minimum atomic E-state index is -0.514. The fourth-order valence-electron chi connectivity index (χ4n) is 0.501. The third-order valence-corrected chi connectivity index (χ3v) is 0.934. The Labute approximate surface area is 52.4 Å². The summed E-state index contributed by atoms with van der Waals surface area (Å²) in [4.78, 5) is 0. The number of hydrogen-bond donors (Lipinski definition) is 0. The molecule has 0 saturated heterocycles. The number of nitrogens with zero attached hydrogens (tertiary/aromatic N) is 1. The lowest BCUT2D eigenvalue weighted by atomic mass is 10.2. The molecule has 0 unspecified atom stereocenters. The Morgan fingerprint density at radius 3 is 2.89 bits per heavy atom. The van der Waals surface area contributed by atoms with Crippen molar-refractivity contribution < 1.29 is 4.39 Å². The Morgan fingerprint density at radius 2 is 2.44 bits per heavy atom. The third kappa shape index (κ3) is 1.06. The Bertz CT molecular complexity index is 249. The van der Waals surface area contributed by atoms with Gasteiger partial charge in [-0.05, 0) is 18.2 Å². The molecule has 1 radical (unpaired) electrons. The molecule has 0 spiro atoms. The second-order valence-corrected chi connectivity index (χ2v) is 1.52. The molecule has 0 aromatic heterocycles. The van der Waals surface area contributed by atoms with Crippen LogP contribution < -0.4 is 0 Å². The lowest BCUT2D eigenvalue weighted by Crippen LogP contribution is -1.79. The highest BCUT2D eigenvalue weighted by Gasteiger charge is 1.94. The van der Waals surface area contributed by atoms with Gasteiger partial charge in [-0.3, -0.25) is 0 Å². The maximum atomic E-state index is 12.3. The van der Waals surface area contributed by atoms with Crippen molar-refractivity contribution >= 4 is 0 Å². The highest BCUT2D eigenvalue weighted by Crippen LogP contribution is 2.02. The molecular weight excluding hydrogens is 117 g/mol. The van der Waals surface area contributed by atoms with Gasteiger partial charge in [0.05, 0.1) is 5.56 Å². The first-order chi connectivity index (χ1) is 4.34. The zero-order valence-electron chi connectivity index (χ0n) is 4.56. The Balaban J connectivity index is 3.20. The third-order valence-electron chi connectivity index (χ3n) is 0.934. The van der Waals surface area contributed by atoms with Crippen molar-refractivity contribution in [2.45, 2.75) is 0 Å². The van der Waals surface area contributed by atoms with E-state index in [0.717, 1.165) is 6.07 Å². The van der Waals surface area contributed by atoms with Crippen LogP contribution in [0.25, 0.3) is 0 Å². The predicted octanol–water partition coefficient (Wildman–Crippen LogP) is 1.50. The van der Waals surface area contributed by atoms with Crippen LogP contribution >= 0.6 is 0 Å². The summed E-state index contributed by atoms with van der Waals surface area (Å²) in [5.41, 5.74) is 0.0637. The van der Waals surface area contributed by atoms with Gasteiger partial charge in [-0.1, -0.05) is 6.07 Å². The van der Waals surface area contributed by atoms with E-state index in [0.29, 0.717) is 0 Å². The summed E-state index contributed by atoms with van der Waals surface area (Å²) in [6.45, 7) is 0. The van der Waals surface area contributed by atoms with Gasteiger partial charge in [-0.15, -0.1) is 0 Å². The molecule has 0 N–H and O–H groups in total. The van der Waals surface area contributed by atoms with E-state index in [1.54, 1.807) is 6.07 Å². The lowest BCUT2D eigenvalue weighted by Gasteiger charge is -1.86. The molecule has 9 heavy (non-hydrogen) atoms. The number of hydrogen-bond acceptors (Lipinski definition) is 1. The first-order valence-corrected chi connectivity index (χ1v) is 2.40. The first-order valence-electron chi connectivity index (χ1n) is 2.40. The largest absolute Gasteiger partial charge is 0.206 e. The summed E-state index contributed by atoms with van der Waals surface area (Å²) in [7, 11) is 0. The molecule has 0 amide bonds. The van der Waals surface area contributed by atoms with Crippen molar-refractivity contribution in [1.29, 1.82) is 5.26 Å². The van der Waals surface area contributed by atoms with Gasteiger partial charge >= 0.3 is 0 Å². The molecule has 0 aliphatic rings. The van der Waals surface area contributed by atoms with Crippen LogP contribution in [0.2, 0.25) is 0 Å². The minimum Gasteiger partial charge on any atom is -0.206 e. The van der Waals surface area contributed by atoms with Crippen LogP contribution in [0, 0.1) is 23.2 Å². The van der Waals surface area contributed by atoms with Gasteiger partial charge in [-0.2, -0.15) is 5.26 Å². The maximum absolute atomic E-state index is 12.3. The second kappa shape index (κ2) is 2.27. The SMILES string of the molecule is N#Cc1cc[c]cc1F. The zero-order valence-corrected chi connectivity index (χ0v) is 4.56. The van der Waals surface area contributed by atoms with E-state index in [4.69, 9.17) is 5.26 Å². The summed E-state index contributed by atoms with van der Waals surface area (Å²) >= 11 is 0. The monoisotopic (exact) mass is 120 g/mol. The highest BCUT2D eigenvalue weighted by atomic mass is 19.1. The van der Waals surface area contributed by atoms with E-state index in [1.807, 2.05) is 0 Å². The summed E-state index contributed by atoms with van der Waals surface area (Å²) in [5.74, 6) is -0.514. The molecule has 0 fully saturated rings. The van der Waals surface area contributed by atoms with Gasteiger partial charge < -0.3 is 0 Å². The second-order valence-electron chi connectivity index (χ2n) is 1.52. The average Bonchev–Trinajstić information content (AvgIpc) is 1.89. The van der Waals surface area contributed by atoms with Crippen molar-refractivity contribution in [3.63, 3.8) is 0 Å². The lowest BCUT2D eigenvalue weighted by molar-refractivity contribution is 0.623. The Kier molecular flexibility index (Phi) is 1.46. The molecule has 0 aliphatic heterocycles. The normalized spacial score (nSPS) is 8.44. The van der Waals surface area contributed by atoms with Crippen LogP contribution in [0.4, 0.5) is 4.39 Å². The molecule has 0 heterocycles. The van der Waals surface area contributed by atoms with Gasteiger partial charge in [0.2, 0.25) is 0 Å². The average molecular weight is 120 g/mol.